The minimum atomic E-state index is -0.0192. The van der Waals surface area contributed by atoms with E-state index in [0.717, 1.165) is 39.9 Å². The van der Waals surface area contributed by atoms with Crippen molar-refractivity contribution in [3.8, 4) is 5.75 Å². The van der Waals surface area contributed by atoms with Gasteiger partial charge in [0.2, 0.25) is 0 Å². The highest BCUT2D eigenvalue weighted by atomic mass is 35.5. The number of halogens is 2. The Morgan fingerprint density at radius 3 is 2.76 bits per heavy atom. The molecule has 21 heavy (non-hydrogen) atoms. The van der Waals surface area contributed by atoms with Crippen LogP contribution in [0.2, 0.25) is 10.0 Å². The second-order valence-corrected chi connectivity index (χ2v) is 5.94. The molecule has 1 aliphatic heterocycles. The highest BCUT2D eigenvalue weighted by Gasteiger charge is 2.25. The van der Waals surface area contributed by atoms with E-state index in [-0.39, 0.29) is 6.04 Å². The summed E-state index contributed by atoms with van der Waals surface area (Å²) in [5.41, 5.74) is 3.28. The van der Waals surface area contributed by atoms with Gasteiger partial charge in [0.1, 0.15) is 5.75 Å². The van der Waals surface area contributed by atoms with Gasteiger partial charge in [0.15, 0.2) is 0 Å². The number of benzene rings is 2. The fourth-order valence-corrected chi connectivity index (χ4v) is 3.31. The number of nitrogens with one attached hydrogen (secondary N) is 1. The lowest BCUT2D eigenvalue weighted by Crippen LogP contribution is -2.23. The van der Waals surface area contributed by atoms with E-state index in [1.807, 2.05) is 36.4 Å². The Morgan fingerprint density at radius 1 is 1.19 bits per heavy atom. The normalized spacial score (nSPS) is 14.6. The molecule has 1 N–H and O–H groups in total. The minimum Gasteiger partial charge on any atom is -0.493 e. The van der Waals surface area contributed by atoms with Crippen LogP contribution < -0.4 is 10.1 Å². The third kappa shape index (κ3) is 2.89. The fraction of sp³-hybridized carbons (Fsp3) is 0.294. The molecule has 1 atom stereocenters. The molecule has 1 unspecified atom stereocenters. The Labute approximate surface area is 135 Å². The van der Waals surface area contributed by atoms with E-state index in [9.17, 15) is 0 Å². The molecule has 4 heteroatoms. The maximum absolute atomic E-state index is 6.38. The summed E-state index contributed by atoms with van der Waals surface area (Å²) in [5, 5.41) is 4.98. The number of ether oxygens (including phenoxy) is 1. The topological polar surface area (TPSA) is 21.3 Å². The van der Waals surface area contributed by atoms with Crippen molar-refractivity contribution in [1.29, 1.82) is 0 Å². The lowest BCUT2D eigenvalue weighted by atomic mass is 9.95. The third-order valence-electron chi connectivity index (χ3n) is 3.71. The molecule has 110 valence electrons. The van der Waals surface area contributed by atoms with Crippen LogP contribution >= 0.6 is 23.2 Å². The van der Waals surface area contributed by atoms with E-state index in [2.05, 4.69) is 12.2 Å². The van der Waals surface area contributed by atoms with Crippen molar-refractivity contribution in [2.45, 2.75) is 19.4 Å². The monoisotopic (exact) mass is 321 g/mol. The molecule has 2 aromatic carbocycles. The average Bonchev–Trinajstić information content (AvgIpc) is 2.93. The van der Waals surface area contributed by atoms with Gasteiger partial charge in [-0.1, -0.05) is 48.3 Å². The van der Waals surface area contributed by atoms with Gasteiger partial charge in [-0.15, -0.1) is 0 Å². The molecule has 0 bridgehead atoms. The van der Waals surface area contributed by atoms with Gasteiger partial charge in [-0.3, -0.25) is 0 Å². The van der Waals surface area contributed by atoms with Crippen molar-refractivity contribution in [2.75, 3.05) is 13.2 Å². The Hall–Kier alpha value is -1.22. The molecule has 1 heterocycles. The molecule has 0 saturated heterocycles. The van der Waals surface area contributed by atoms with Crippen LogP contribution in [0.15, 0.2) is 36.4 Å². The smallest absolute Gasteiger partial charge is 0.127 e. The molecule has 0 fully saturated rings. The molecule has 0 aliphatic carbocycles. The van der Waals surface area contributed by atoms with E-state index in [0.29, 0.717) is 6.61 Å². The molecule has 0 aromatic heterocycles. The van der Waals surface area contributed by atoms with E-state index < -0.39 is 0 Å². The lowest BCUT2D eigenvalue weighted by Gasteiger charge is -2.22. The van der Waals surface area contributed by atoms with Gasteiger partial charge in [-0.05, 0) is 35.9 Å². The zero-order chi connectivity index (χ0) is 14.8. The fourth-order valence-electron chi connectivity index (χ4n) is 2.81. The standard InChI is InChI=1S/C17H17Cl2NO/c1-2-20-16(13-5-3-4-6-15(13)19)14-10-12(18)9-11-7-8-21-17(11)14/h3-6,9-10,16,20H,2,7-8H2,1H3. The largest absolute Gasteiger partial charge is 0.493 e. The average molecular weight is 322 g/mol. The molecule has 2 aromatic rings. The molecular formula is C17H17Cl2NO. The summed E-state index contributed by atoms with van der Waals surface area (Å²) in [6.07, 6.45) is 0.907. The second-order valence-electron chi connectivity index (χ2n) is 5.09. The molecular weight excluding hydrogens is 305 g/mol. The predicted octanol–water partition coefficient (Wildman–Crippen LogP) is 4.63. The quantitative estimate of drug-likeness (QED) is 0.886. The van der Waals surface area contributed by atoms with Gasteiger partial charge < -0.3 is 10.1 Å². The zero-order valence-corrected chi connectivity index (χ0v) is 13.3. The number of rotatable bonds is 4. The van der Waals surface area contributed by atoms with Crippen LogP contribution in [0.4, 0.5) is 0 Å². The maximum Gasteiger partial charge on any atom is 0.127 e. The third-order valence-corrected chi connectivity index (χ3v) is 4.28. The van der Waals surface area contributed by atoms with Gasteiger partial charge in [0.25, 0.3) is 0 Å². The Bertz CT molecular complexity index is 657. The first kappa shape index (κ1) is 14.7. The van der Waals surface area contributed by atoms with E-state index in [1.165, 1.54) is 5.56 Å². The lowest BCUT2D eigenvalue weighted by molar-refractivity contribution is 0.350. The summed E-state index contributed by atoms with van der Waals surface area (Å²) < 4.78 is 5.83. The highest BCUT2D eigenvalue weighted by Crippen LogP contribution is 2.40. The van der Waals surface area contributed by atoms with Gasteiger partial charge in [0.05, 0.1) is 12.6 Å². The van der Waals surface area contributed by atoms with E-state index in [1.54, 1.807) is 0 Å². The molecule has 2 nitrogen and oxygen atoms in total. The van der Waals surface area contributed by atoms with Crippen LogP contribution in [0.3, 0.4) is 0 Å². The predicted molar refractivity (Wildman–Crippen MR) is 87.6 cm³/mol. The van der Waals surface area contributed by atoms with Crippen molar-refractivity contribution in [3.63, 3.8) is 0 Å². The molecule has 1 aliphatic rings. The summed E-state index contributed by atoms with van der Waals surface area (Å²) in [5.74, 6) is 0.949. The van der Waals surface area contributed by atoms with Crippen LogP contribution in [0.25, 0.3) is 0 Å². The van der Waals surface area contributed by atoms with Crippen LogP contribution in [0.1, 0.15) is 29.7 Å². The van der Waals surface area contributed by atoms with Crippen molar-refractivity contribution in [3.05, 3.63) is 63.1 Å². The molecule has 0 saturated carbocycles. The van der Waals surface area contributed by atoms with E-state index in [4.69, 9.17) is 27.9 Å². The summed E-state index contributed by atoms with van der Waals surface area (Å²) in [7, 11) is 0. The zero-order valence-electron chi connectivity index (χ0n) is 11.8. The van der Waals surface area contributed by atoms with Crippen LogP contribution in [-0.2, 0) is 6.42 Å². The number of hydrogen-bond acceptors (Lipinski definition) is 2. The Balaban J connectivity index is 2.13. The van der Waals surface area contributed by atoms with Crippen LogP contribution in [-0.4, -0.2) is 13.2 Å². The SMILES string of the molecule is CCNC(c1ccccc1Cl)c1cc(Cl)cc2c1OCC2. The summed E-state index contributed by atoms with van der Waals surface area (Å²) in [6.45, 7) is 3.62. The van der Waals surface area contributed by atoms with Crippen molar-refractivity contribution >= 4 is 23.2 Å². The minimum absolute atomic E-state index is 0.0192. The molecule has 0 radical (unpaired) electrons. The first-order valence-electron chi connectivity index (χ1n) is 7.13. The summed E-state index contributed by atoms with van der Waals surface area (Å²) >= 11 is 12.7. The van der Waals surface area contributed by atoms with Crippen molar-refractivity contribution in [2.24, 2.45) is 0 Å². The molecule has 0 spiro atoms. The maximum atomic E-state index is 6.38. The first-order valence-corrected chi connectivity index (χ1v) is 7.89. The first-order chi connectivity index (χ1) is 10.2. The number of fused-ring (bicyclic) bond motifs is 1. The molecule has 3 rings (SSSR count). The summed E-state index contributed by atoms with van der Waals surface area (Å²) in [4.78, 5) is 0. The van der Waals surface area contributed by atoms with Gasteiger partial charge in [-0.25, -0.2) is 0 Å². The Morgan fingerprint density at radius 2 is 2.00 bits per heavy atom. The highest BCUT2D eigenvalue weighted by molar-refractivity contribution is 6.31. The molecule has 0 amide bonds. The second kappa shape index (κ2) is 6.27. The van der Waals surface area contributed by atoms with Crippen LogP contribution in [0.5, 0.6) is 5.75 Å². The van der Waals surface area contributed by atoms with Crippen LogP contribution in [0, 0.1) is 0 Å². The van der Waals surface area contributed by atoms with Gasteiger partial charge in [-0.2, -0.15) is 0 Å². The van der Waals surface area contributed by atoms with Crippen molar-refractivity contribution in [1.82, 2.24) is 5.32 Å². The van der Waals surface area contributed by atoms with Gasteiger partial charge >= 0.3 is 0 Å². The Kier molecular flexibility index (Phi) is 4.39. The number of hydrogen-bond donors (Lipinski definition) is 1. The summed E-state index contributed by atoms with van der Waals surface area (Å²) in [6, 6.07) is 11.8. The van der Waals surface area contributed by atoms with E-state index >= 15 is 0 Å². The van der Waals surface area contributed by atoms with Crippen molar-refractivity contribution < 1.29 is 4.74 Å². The van der Waals surface area contributed by atoms with Gasteiger partial charge in [0, 0.05) is 22.0 Å².